The van der Waals surface area contributed by atoms with E-state index in [1.54, 1.807) is 12.1 Å². The fraction of sp³-hybridized carbons (Fsp3) is 0.389. The molecule has 2 aromatic rings. The Labute approximate surface area is 158 Å². The van der Waals surface area contributed by atoms with Crippen LogP contribution < -0.4 is 4.74 Å². The quantitative estimate of drug-likeness (QED) is 0.857. The summed E-state index contributed by atoms with van der Waals surface area (Å²) in [6.07, 6.45) is -3.21. The van der Waals surface area contributed by atoms with Gasteiger partial charge in [0.25, 0.3) is 5.91 Å². The number of nitrogens with zero attached hydrogens (tertiary/aromatic N) is 3. The van der Waals surface area contributed by atoms with Crippen molar-refractivity contribution < 1.29 is 32.6 Å². The number of aliphatic carboxylic acids is 1. The predicted molar refractivity (Wildman–Crippen MR) is 91.4 cm³/mol. The fourth-order valence-corrected chi connectivity index (χ4v) is 3.26. The van der Waals surface area contributed by atoms with E-state index in [2.05, 4.69) is 5.10 Å². The maximum Gasteiger partial charge on any atom is 0.394 e. The maximum atomic E-state index is 13.1. The van der Waals surface area contributed by atoms with E-state index in [4.69, 9.17) is 9.84 Å². The molecule has 0 radical (unpaired) electrons. The summed E-state index contributed by atoms with van der Waals surface area (Å²) >= 11 is 0. The van der Waals surface area contributed by atoms with Gasteiger partial charge in [-0.05, 0) is 30.7 Å². The van der Waals surface area contributed by atoms with Gasteiger partial charge in [-0.2, -0.15) is 18.3 Å². The van der Waals surface area contributed by atoms with Crippen molar-refractivity contribution in [3.8, 4) is 11.4 Å². The molecule has 0 spiro atoms. The number of likely N-dealkylation sites (tertiary alicyclic amines) is 1. The number of rotatable bonds is 4. The van der Waals surface area contributed by atoms with Gasteiger partial charge >= 0.3 is 12.1 Å². The highest BCUT2D eigenvalue weighted by Gasteiger charge is 2.53. The van der Waals surface area contributed by atoms with Crippen molar-refractivity contribution in [1.82, 2.24) is 14.7 Å². The topological polar surface area (TPSA) is 84.7 Å². The summed E-state index contributed by atoms with van der Waals surface area (Å²) in [7, 11) is 1.48. The van der Waals surface area contributed by atoms with Crippen molar-refractivity contribution in [2.45, 2.75) is 13.1 Å². The molecule has 2 heterocycles. The van der Waals surface area contributed by atoms with E-state index < -0.39 is 43.0 Å². The van der Waals surface area contributed by atoms with Crippen molar-refractivity contribution in [3.05, 3.63) is 41.7 Å². The zero-order valence-electron chi connectivity index (χ0n) is 15.1. The van der Waals surface area contributed by atoms with E-state index in [0.717, 1.165) is 10.5 Å². The molecule has 150 valence electrons. The molecule has 1 aromatic carbocycles. The van der Waals surface area contributed by atoms with E-state index in [9.17, 15) is 22.8 Å². The smallest absolute Gasteiger partial charge is 0.394 e. The van der Waals surface area contributed by atoms with Crippen molar-refractivity contribution in [1.29, 1.82) is 0 Å². The summed E-state index contributed by atoms with van der Waals surface area (Å²) in [6.45, 7) is 0.644. The highest BCUT2D eigenvalue weighted by atomic mass is 19.4. The summed E-state index contributed by atoms with van der Waals surface area (Å²) in [6, 6.07) is 6.74. The van der Waals surface area contributed by atoms with Gasteiger partial charge in [0.15, 0.2) is 5.69 Å². The molecule has 1 fully saturated rings. The molecular formula is C18H18F3N3O4. The molecule has 7 nitrogen and oxygen atoms in total. The van der Waals surface area contributed by atoms with Gasteiger partial charge in [0, 0.05) is 19.3 Å². The van der Waals surface area contributed by atoms with Gasteiger partial charge < -0.3 is 14.7 Å². The SMILES string of the molecule is COc1ccc(C)cc1-n1ccc(C(=O)N2C[C@@H](C(F)(F)F)[C@H](C(=O)O)C2)n1. The van der Waals surface area contributed by atoms with Gasteiger partial charge in [-0.1, -0.05) is 6.07 Å². The Bertz CT molecular complexity index is 910. The molecule has 2 atom stereocenters. The maximum absolute atomic E-state index is 13.1. The summed E-state index contributed by atoms with van der Waals surface area (Å²) in [4.78, 5) is 24.7. The number of methoxy groups -OCH3 is 1. The van der Waals surface area contributed by atoms with E-state index in [1.165, 1.54) is 24.1 Å². The van der Waals surface area contributed by atoms with E-state index >= 15 is 0 Å². The molecule has 0 bridgehead atoms. The van der Waals surface area contributed by atoms with Crippen LogP contribution in [0.5, 0.6) is 5.75 Å². The normalized spacial score (nSPS) is 19.7. The number of hydrogen-bond donors (Lipinski definition) is 1. The lowest BCUT2D eigenvalue weighted by molar-refractivity contribution is -0.187. The number of aryl methyl sites for hydroxylation is 1. The van der Waals surface area contributed by atoms with Crippen LogP contribution in [0.4, 0.5) is 13.2 Å². The Morgan fingerprint density at radius 1 is 1.25 bits per heavy atom. The second-order valence-corrected chi connectivity index (χ2v) is 6.62. The minimum absolute atomic E-state index is 0.0736. The van der Waals surface area contributed by atoms with Crippen LogP contribution >= 0.6 is 0 Å². The molecule has 0 aliphatic carbocycles. The number of halogens is 3. The number of carboxylic acid groups (broad SMARTS) is 1. The molecule has 1 amide bonds. The first-order chi connectivity index (χ1) is 13.1. The van der Waals surface area contributed by atoms with Gasteiger partial charge in [0.05, 0.1) is 18.9 Å². The molecule has 1 saturated heterocycles. The van der Waals surface area contributed by atoms with Crippen LogP contribution in [-0.4, -0.2) is 58.0 Å². The standard InChI is InChI=1S/C18H18F3N3O4/c1-10-3-4-15(28-2)14(7-10)24-6-5-13(22-24)16(25)23-8-11(17(26)27)12(9-23)18(19,20)21/h3-7,11-12H,8-9H2,1-2H3,(H,26,27)/t11-,12-/m1/s1. The third-order valence-corrected chi connectivity index (χ3v) is 4.73. The van der Waals surface area contributed by atoms with E-state index in [-0.39, 0.29) is 5.69 Å². The minimum Gasteiger partial charge on any atom is -0.494 e. The number of carbonyl (C=O) groups excluding carboxylic acids is 1. The molecular weight excluding hydrogens is 379 g/mol. The van der Waals surface area contributed by atoms with Crippen molar-refractivity contribution in [2.75, 3.05) is 20.2 Å². The van der Waals surface area contributed by atoms with Gasteiger partial charge in [0.1, 0.15) is 11.4 Å². The Kier molecular flexibility index (Phi) is 5.05. The zero-order valence-corrected chi connectivity index (χ0v) is 15.1. The van der Waals surface area contributed by atoms with E-state index in [1.807, 2.05) is 13.0 Å². The lowest BCUT2D eigenvalue weighted by Gasteiger charge is -2.18. The minimum atomic E-state index is -4.70. The summed E-state index contributed by atoms with van der Waals surface area (Å²) < 4.78 is 46.0. The molecule has 0 unspecified atom stereocenters. The Morgan fingerprint density at radius 2 is 1.96 bits per heavy atom. The van der Waals surface area contributed by atoms with Crippen LogP contribution in [0.2, 0.25) is 0 Å². The van der Waals surface area contributed by atoms with Crippen molar-refractivity contribution in [3.63, 3.8) is 0 Å². The highest BCUT2D eigenvalue weighted by Crippen LogP contribution is 2.38. The summed E-state index contributed by atoms with van der Waals surface area (Å²) in [5, 5.41) is 13.2. The summed E-state index contributed by atoms with van der Waals surface area (Å²) in [5.41, 5.74) is 1.42. The number of amides is 1. The number of alkyl halides is 3. The van der Waals surface area contributed by atoms with Gasteiger partial charge in [0.2, 0.25) is 0 Å². The lowest BCUT2D eigenvalue weighted by Crippen LogP contribution is -2.34. The Morgan fingerprint density at radius 3 is 2.54 bits per heavy atom. The third-order valence-electron chi connectivity index (χ3n) is 4.73. The monoisotopic (exact) mass is 397 g/mol. The fourth-order valence-electron chi connectivity index (χ4n) is 3.26. The molecule has 28 heavy (non-hydrogen) atoms. The van der Waals surface area contributed by atoms with Gasteiger partial charge in [-0.25, -0.2) is 4.68 Å². The van der Waals surface area contributed by atoms with Crippen molar-refractivity contribution >= 4 is 11.9 Å². The largest absolute Gasteiger partial charge is 0.494 e. The van der Waals surface area contributed by atoms with Crippen LogP contribution in [-0.2, 0) is 4.79 Å². The first-order valence-corrected chi connectivity index (χ1v) is 8.41. The van der Waals surface area contributed by atoms with Crippen molar-refractivity contribution in [2.24, 2.45) is 11.8 Å². The van der Waals surface area contributed by atoms with Crippen LogP contribution in [0.25, 0.3) is 5.69 Å². The molecule has 1 N–H and O–H groups in total. The third kappa shape index (κ3) is 3.67. The van der Waals surface area contributed by atoms with E-state index in [0.29, 0.717) is 11.4 Å². The molecule has 3 rings (SSSR count). The van der Waals surface area contributed by atoms with Crippen LogP contribution in [0.3, 0.4) is 0 Å². The molecule has 0 saturated carbocycles. The predicted octanol–water partition coefficient (Wildman–Crippen LogP) is 2.52. The van der Waals surface area contributed by atoms with Crippen LogP contribution in [0.15, 0.2) is 30.5 Å². The van der Waals surface area contributed by atoms with Gasteiger partial charge in [-0.3, -0.25) is 9.59 Å². The first-order valence-electron chi connectivity index (χ1n) is 8.41. The van der Waals surface area contributed by atoms with Crippen LogP contribution in [0.1, 0.15) is 16.1 Å². The Balaban J connectivity index is 1.85. The second-order valence-electron chi connectivity index (χ2n) is 6.62. The lowest BCUT2D eigenvalue weighted by atomic mass is 9.96. The number of aromatic nitrogens is 2. The first kappa shape index (κ1) is 19.7. The second kappa shape index (κ2) is 7.17. The highest BCUT2D eigenvalue weighted by molar-refractivity contribution is 5.93. The van der Waals surface area contributed by atoms with Gasteiger partial charge in [-0.15, -0.1) is 0 Å². The number of ether oxygens (including phenoxy) is 1. The number of hydrogen-bond acceptors (Lipinski definition) is 4. The van der Waals surface area contributed by atoms with Crippen LogP contribution in [0, 0.1) is 18.8 Å². The average molecular weight is 397 g/mol. The molecule has 1 aliphatic heterocycles. The average Bonchev–Trinajstić information content (AvgIpc) is 3.28. The number of carboxylic acids is 1. The zero-order chi connectivity index (χ0) is 20.6. The Hall–Kier alpha value is -3.04. The number of benzene rings is 1. The number of carbonyl (C=O) groups is 2. The summed E-state index contributed by atoms with van der Waals surface area (Å²) in [5.74, 6) is -5.61. The molecule has 1 aromatic heterocycles. The molecule has 10 heteroatoms. The molecule has 1 aliphatic rings.